The number of aromatic carboxylic acids is 2. The van der Waals surface area contributed by atoms with Gasteiger partial charge in [0.05, 0.1) is 57.0 Å². The second-order valence-electron chi connectivity index (χ2n) is 6.03. The first-order chi connectivity index (χ1) is 13.8. The van der Waals surface area contributed by atoms with E-state index in [1.54, 1.807) is 12.1 Å². The molecule has 0 spiro atoms. The first-order valence-corrected chi connectivity index (χ1v) is 8.11. The largest absolute Gasteiger partial charge is 0.478 e. The van der Waals surface area contributed by atoms with E-state index in [1.165, 1.54) is 24.8 Å². The van der Waals surface area contributed by atoms with Crippen LogP contribution in [-0.4, -0.2) is 53.9 Å². The van der Waals surface area contributed by atoms with Gasteiger partial charge in [0, 0.05) is 0 Å². The fraction of sp³-hybridized carbons (Fsp3) is 0. The van der Waals surface area contributed by atoms with Gasteiger partial charge in [-0.1, -0.05) is 0 Å². The van der Waals surface area contributed by atoms with Crippen LogP contribution in [0.15, 0.2) is 36.9 Å². The molecule has 2 amide bonds. The number of rotatable bonds is 2. The molecule has 0 saturated carbocycles. The van der Waals surface area contributed by atoms with Crippen molar-refractivity contribution in [1.29, 1.82) is 0 Å². The maximum atomic E-state index is 11.3. The number of carbonyl (C=O) groups excluding carboxylic acids is 2. The van der Waals surface area contributed by atoms with E-state index in [1.807, 2.05) is 0 Å². The summed E-state index contributed by atoms with van der Waals surface area (Å²) in [6.45, 7) is 0. The second-order valence-corrected chi connectivity index (χ2v) is 6.03. The van der Waals surface area contributed by atoms with Gasteiger partial charge < -0.3 is 20.2 Å². The lowest BCUT2D eigenvalue weighted by molar-refractivity contribution is 0.0652. The first-order valence-electron chi connectivity index (χ1n) is 8.11. The molecule has 0 saturated heterocycles. The van der Waals surface area contributed by atoms with Crippen molar-refractivity contribution in [3.63, 3.8) is 0 Å². The summed E-state index contributed by atoms with van der Waals surface area (Å²) < 4.78 is 0. The number of imide groups is 1. The number of H-pyrrole nitrogens is 2. The van der Waals surface area contributed by atoms with E-state index in [9.17, 15) is 19.2 Å². The van der Waals surface area contributed by atoms with E-state index in [-0.39, 0.29) is 22.9 Å². The van der Waals surface area contributed by atoms with E-state index in [0.717, 1.165) is 5.52 Å². The molecule has 0 bridgehead atoms. The summed E-state index contributed by atoms with van der Waals surface area (Å²) in [5, 5.41) is 19.9. The standard InChI is InChI=1S/C9H5N3O2.C9H6N2O4/c13-8-4-1-6-7(11-3-10-6)2-5(4)9(14)12-8;12-8(13)4-1-6-7(11-3-10-6)2-5(4)9(14)15/h1-3H,(H,10,11)(H,12,13,14);1-3H,(H,10,11)(H,12,13)(H,14,15). The van der Waals surface area contributed by atoms with Crippen molar-refractivity contribution >= 4 is 45.8 Å². The molecule has 0 aliphatic carbocycles. The highest BCUT2D eigenvalue weighted by atomic mass is 16.4. The molecule has 144 valence electrons. The Kier molecular flexibility index (Phi) is 4.04. The zero-order valence-corrected chi connectivity index (χ0v) is 14.4. The lowest BCUT2D eigenvalue weighted by Gasteiger charge is -2.00. The molecule has 3 heterocycles. The van der Waals surface area contributed by atoms with Crippen molar-refractivity contribution in [3.8, 4) is 0 Å². The molecule has 5 rings (SSSR count). The van der Waals surface area contributed by atoms with Crippen molar-refractivity contribution in [2.75, 3.05) is 0 Å². The molecule has 4 aromatic rings. The van der Waals surface area contributed by atoms with Crippen LogP contribution in [0.25, 0.3) is 22.1 Å². The molecule has 0 unspecified atom stereocenters. The third kappa shape index (κ3) is 3.06. The van der Waals surface area contributed by atoms with Gasteiger partial charge in [0.1, 0.15) is 0 Å². The number of benzene rings is 2. The summed E-state index contributed by atoms with van der Waals surface area (Å²) in [6.07, 6.45) is 2.91. The monoisotopic (exact) mass is 393 g/mol. The van der Waals surface area contributed by atoms with E-state index < -0.39 is 11.9 Å². The lowest BCUT2D eigenvalue weighted by Crippen LogP contribution is -2.19. The number of carbonyl (C=O) groups is 4. The quantitative estimate of drug-likeness (QED) is 0.317. The molecular weight excluding hydrogens is 382 g/mol. The number of carboxylic acid groups (broad SMARTS) is 2. The number of nitrogens with one attached hydrogen (secondary N) is 3. The van der Waals surface area contributed by atoms with Crippen LogP contribution in [0.2, 0.25) is 0 Å². The number of hydrogen-bond donors (Lipinski definition) is 5. The normalized spacial score (nSPS) is 12.4. The van der Waals surface area contributed by atoms with Crippen molar-refractivity contribution in [2.24, 2.45) is 0 Å². The van der Waals surface area contributed by atoms with Crippen molar-refractivity contribution in [1.82, 2.24) is 25.3 Å². The van der Waals surface area contributed by atoms with Gasteiger partial charge in [0.25, 0.3) is 11.8 Å². The number of amides is 2. The molecule has 2 aromatic carbocycles. The van der Waals surface area contributed by atoms with Crippen LogP contribution < -0.4 is 5.32 Å². The van der Waals surface area contributed by atoms with E-state index >= 15 is 0 Å². The van der Waals surface area contributed by atoms with Crippen LogP contribution in [0.5, 0.6) is 0 Å². The van der Waals surface area contributed by atoms with Crippen LogP contribution in [0.1, 0.15) is 41.4 Å². The first kappa shape index (κ1) is 17.9. The molecule has 5 N–H and O–H groups in total. The third-order valence-corrected chi connectivity index (χ3v) is 4.30. The Hall–Kier alpha value is -4.54. The van der Waals surface area contributed by atoms with E-state index in [4.69, 9.17) is 10.2 Å². The number of nitrogens with zero attached hydrogens (tertiary/aromatic N) is 2. The van der Waals surface area contributed by atoms with Gasteiger partial charge in [0.2, 0.25) is 0 Å². The van der Waals surface area contributed by atoms with Crippen LogP contribution in [-0.2, 0) is 0 Å². The summed E-state index contributed by atoms with van der Waals surface area (Å²) in [6, 6.07) is 5.74. The highest BCUT2D eigenvalue weighted by molar-refractivity contribution is 6.22. The highest BCUT2D eigenvalue weighted by Gasteiger charge is 2.27. The molecule has 0 atom stereocenters. The zero-order chi connectivity index (χ0) is 20.7. The lowest BCUT2D eigenvalue weighted by atomic mass is 10.1. The number of imidazole rings is 2. The fourth-order valence-electron chi connectivity index (χ4n) is 2.93. The minimum atomic E-state index is -1.28. The average molecular weight is 393 g/mol. The predicted molar refractivity (Wildman–Crippen MR) is 97.9 cm³/mol. The summed E-state index contributed by atoms with van der Waals surface area (Å²) >= 11 is 0. The van der Waals surface area contributed by atoms with Crippen LogP contribution in [0.3, 0.4) is 0 Å². The predicted octanol–water partition coefficient (Wildman–Crippen LogP) is 1.41. The minimum absolute atomic E-state index is 0.251. The maximum absolute atomic E-state index is 11.3. The second kappa shape index (κ2) is 6.56. The smallest absolute Gasteiger partial charge is 0.336 e. The highest BCUT2D eigenvalue weighted by Crippen LogP contribution is 2.21. The number of hydrogen-bond acceptors (Lipinski definition) is 6. The molecular formula is C18H11N5O6. The van der Waals surface area contributed by atoms with Crippen molar-refractivity contribution < 1.29 is 29.4 Å². The number of aromatic nitrogens is 4. The molecule has 0 fully saturated rings. The Labute approximate surface area is 160 Å². The van der Waals surface area contributed by atoms with Crippen LogP contribution in [0, 0.1) is 0 Å². The van der Waals surface area contributed by atoms with E-state index in [0.29, 0.717) is 27.7 Å². The van der Waals surface area contributed by atoms with Gasteiger partial charge in [-0.25, -0.2) is 19.6 Å². The summed E-state index contributed by atoms with van der Waals surface area (Å²) in [7, 11) is 0. The van der Waals surface area contributed by atoms with Crippen molar-refractivity contribution in [3.05, 3.63) is 59.2 Å². The average Bonchev–Trinajstić information content (AvgIpc) is 3.39. The molecule has 11 heteroatoms. The zero-order valence-electron chi connectivity index (χ0n) is 14.4. The third-order valence-electron chi connectivity index (χ3n) is 4.30. The number of fused-ring (bicyclic) bond motifs is 3. The molecule has 2 aromatic heterocycles. The number of carboxylic acids is 2. The fourth-order valence-corrected chi connectivity index (χ4v) is 2.93. The topological polar surface area (TPSA) is 178 Å². The Morgan fingerprint density at radius 3 is 1.79 bits per heavy atom. The molecule has 0 radical (unpaired) electrons. The van der Waals surface area contributed by atoms with Crippen LogP contribution >= 0.6 is 0 Å². The Morgan fingerprint density at radius 1 is 0.724 bits per heavy atom. The molecule has 29 heavy (non-hydrogen) atoms. The van der Waals surface area contributed by atoms with Gasteiger partial charge in [-0.2, -0.15) is 0 Å². The summed E-state index contributed by atoms with van der Waals surface area (Å²) in [4.78, 5) is 57.6. The van der Waals surface area contributed by atoms with Gasteiger partial charge >= 0.3 is 11.9 Å². The summed E-state index contributed by atoms with van der Waals surface area (Å²) in [5.74, 6) is -3.25. The van der Waals surface area contributed by atoms with Crippen LogP contribution in [0.4, 0.5) is 0 Å². The number of aromatic amines is 2. The van der Waals surface area contributed by atoms with Gasteiger partial charge in [0.15, 0.2) is 0 Å². The SMILES string of the molecule is O=C(O)c1cc2nc[nH]c2cc1C(=O)O.O=C1NC(=O)c2cc3[nH]cnc3cc21. The minimum Gasteiger partial charge on any atom is -0.478 e. The van der Waals surface area contributed by atoms with Gasteiger partial charge in [-0.3, -0.25) is 14.9 Å². The summed E-state index contributed by atoms with van der Waals surface area (Å²) in [5.41, 5.74) is 2.67. The van der Waals surface area contributed by atoms with Gasteiger partial charge in [-0.05, 0) is 24.3 Å². The van der Waals surface area contributed by atoms with Gasteiger partial charge in [-0.15, -0.1) is 0 Å². The van der Waals surface area contributed by atoms with E-state index in [2.05, 4.69) is 25.3 Å². The Balaban J connectivity index is 0.000000141. The molecule has 1 aliphatic heterocycles. The maximum Gasteiger partial charge on any atom is 0.336 e. The molecule has 11 nitrogen and oxygen atoms in total. The Bertz CT molecular complexity index is 1240. The Morgan fingerprint density at radius 2 is 1.21 bits per heavy atom. The molecule has 1 aliphatic rings. The van der Waals surface area contributed by atoms with Crippen molar-refractivity contribution in [2.45, 2.75) is 0 Å².